The third-order valence-electron chi connectivity index (χ3n) is 9.33. The Hall–Kier alpha value is -2.39. The lowest BCUT2D eigenvalue weighted by molar-refractivity contribution is -0.130. The zero-order valence-electron chi connectivity index (χ0n) is 23.6. The van der Waals surface area contributed by atoms with Crippen LogP contribution in [0.2, 0.25) is 0 Å². The zero-order chi connectivity index (χ0) is 27.6. The minimum Gasteiger partial charge on any atom is -0.349 e. The first-order valence-corrected chi connectivity index (χ1v) is 14.8. The summed E-state index contributed by atoms with van der Waals surface area (Å²) in [6, 6.07) is 11.2. The van der Waals surface area contributed by atoms with Gasteiger partial charge >= 0.3 is 0 Å². The SMILES string of the molecule is Cc1nnc(C2CNC2)n1C(C)CC1CCC(C)N1CCC(NC(=O)C1CCC(F)(F)CC1)c1ccccc1. The molecule has 3 heterocycles. The molecule has 2 aromatic rings. The normalized spacial score (nSPS) is 25.8. The first-order valence-electron chi connectivity index (χ1n) is 14.8. The number of alkyl halides is 2. The second-order valence-electron chi connectivity index (χ2n) is 12.1. The summed E-state index contributed by atoms with van der Waals surface area (Å²) in [5.74, 6) is -0.521. The van der Waals surface area contributed by atoms with Crippen LogP contribution in [0, 0.1) is 12.8 Å². The molecule has 0 spiro atoms. The largest absolute Gasteiger partial charge is 0.349 e. The summed E-state index contributed by atoms with van der Waals surface area (Å²) in [4.78, 5) is 15.8. The summed E-state index contributed by atoms with van der Waals surface area (Å²) < 4.78 is 29.7. The molecular formula is C30H44F2N6O. The highest BCUT2D eigenvalue weighted by atomic mass is 19.3. The molecular weight excluding hydrogens is 498 g/mol. The summed E-state index contributed by atoms with van der Waals surface area (Å²) in [5.41, 5.74) is 1.07. The highest BCUT2D eigenvalue weighted by Gasteiger charge is 2.38. The van der Waals surface area contributed by atoms with Crippen LogP contribution in [0.3, 0.4) is 0 Å². The predicted molar refractivity (Wildman–Crippen MR) is 148 cm³/mol. The molecule has 9 heteroatoms. The molecule has 2 N–H and O–H groups in total. The number of nitrogens with zero attached hydrogens (tertiary/aromatic N) is 4. The Labute approximate surface area is 231 Å². The molecule has 214 valence electrons. The van der Waals surface area contributed by atoms with Crippen LogP contribution in [-0.4, -0.2) is 63.2 Å². The van der Waals surface area contributed by atoms with Gasteiger partial charge in [0.25, 0.3) is 0 Å². The number of aromatic nitrogens is 3. The standard InChI is InChI=1S/C30H44F2N6O/c1-20-9-10-26(17-21(2)38-22(3)35-36-28(38)25-18-33-19-25)37(20)16-13-27(23-7-5-4-6-8-23)34-29(39)24-11-14-30(31,32)15-12-24/h4-8,20-21,24-27,33H,9-19H2,1-3H3,(H,34,39). The second kappa shape index (κ2) is 12.0. The van der Waals surface area contributed by atoms with Crippen LogP contribution < -0.4 is 10.6 Å². The third kappa shape index (κ3) is 6.51. The van der Waals surface area contributed by atoms with Crippen molar-refractivity contribution in [3.8, 4) is 0 Å². The zero-order valence-corrected chi connectivity index (χ0v) is 23.6. The summed E-state index contributed by atoms with van der Waals surface area (Å²) >= 11 is 0. The number of halogens is 2. The maximum absolute atomic E-state index is 13.7. The van der Waals surface area contributed by atoms with E-state index in [1.54, 1.807) is 0 Å². The monoisotopic (exact) mass is 542 g/mol. The summed E-state index contributed by atoms with van der Waals surface area (Å²) in [7, 11) is 0. The van der Waals surface area contributed by atoms with Gasteiger partial charge in [-0.05, 0) is 64.9 Å². The molecule has 3 aliphatic rings. The number of amides is 1. The molecule has 3 fully saturated rings. The molecule has 1 aromatic heterocycles. The molecule has 1 aromatic carbocycles. The van der Waals surface area contributed by atoms with E-state index < -0.39 is 5.92 Å². The first kappa shape index (κ1) is 28.1. The van der Waals surface area contributed by atoms with Crippen molar-refractivity contribution >= 4 is 5.91 Å². The molecule has 1 saturated carbocycles. The fourth-order valence-corrected chi connectivity index (χ4v) is 6.84. The van der Waals surface area contributed by atoms with Crippen LogP contribution >= 0.6 is 0 Å². The van der Waals surface area contributed by atoms with Crippen LogP contribution in [0.1, 0.15) is 100 Å². The topological polar surface area (TPSA) is 75.1 Å². The second-order valence-corrected chi connectivity index (χ2v) is 12.1. The first-order chi connectivity index (χ1) is 18.7. The number of hydrogen-bond acceptors (Lipinski definition) is 5. The van der Waals surface area contributed by atoms with Gasteiger partial charge in [0, 0.05) is 62.4 Å². The maximum atomic E-state index is 13.7. The average molecular weight is 543 g/mol. The van der Waals surface area contributed by atoms with E-state index in [0.29, 0.717) is 24.0 Å². The van der Waals surface area contributed by atoms with E-state index in [1.165, 1.54) is 0 Å². The Bertz CT molecular complexity index is 1090. The Kier molecular flexibility index (Phi) is 8.66. The number of aryl methyl sites for hydroxylation is 1. The minimum atomic E-state index is -2.63. The van der Waals surface area contributed by atoms with Crippen LogP contribution in [0.15, 0.2) is 30.3 Å². The fraction of sp³-hybridized carbons (Fsp3) is 0.700. The van der Waals surface area contributed by atoms with Gasteiger partial charge in [-0.15, -0.1) is 10.2 Å². The van der Waals surface area contributed by atoms with E-state index >= 15 is 0 Å². The van der Waals surface area contributed by atoms with Gasteiger partial charge in [0.15, 0.2) is 0 Å². The minimum absolute atomic E-state index is 0.0832. The molecule has 1 amide bonds. The van der Waals surface area contributed by atoms with Gasteiger partial charge in [-0.25, -0.2) is 8.78 Å². The summed E-state index contributed by atoms with van der Waals surface area (Å²) in [6.07, 6.45) is 4.26. The van der Waals surface area contributed by atoms with Gasteiger partial charge in [0.2, 0.25) is 11.8 Å². The lowest BCUT2D eigenvalue weighted by atomic mass is 9.86. The predicted octanol–water partition coefficient (Wildman–Crippen LogP) is 5.15. The smallest absolute Gasteiger partial charge is 0.248 e. The summed E-state index contributed by atoms with van der Waals surface area (Å²) in [5, 5.41) is 15.5. The summed E-state index contributed by atoms with van der Waals surface area (Å²) in [6.45, 7) is 9.45. The molecule has 0 bridgehead atoms. The van der Waals surface area contributed by atoms with Crippen LogP contribution in [0.4, 0.5) is 8.78 Å². The van der Waals surface area contributed by atoms with Crippen molar-refractivity contribution in [1.82, 2.24) is 30.3 Å². The third-order valence-corrected chi connectivity index (χ3v) is 9.33. The molecule has 2 saturated heterocycles. The fourth-order valence-electron chi connectivity index (χ4n) is 6.84. The van der Waals surface area contributed by atoms with E-state index in [1.807, 2.05) is 18.2 Å². The van der Waals surface area contributed by atoms with Crippen molar-refractivity contribution in [3.05, 3.63) is 47.5 Å². The van der Waals surface area contributed by atoms with Gasteiger partial charge in [-0.1, -0.05) is 30.3 Å². The average Bonchev–Trinajstić information content (AvgIpc) is 3.42. The molecule has 4 unspecified atom stereocenters. The van der Waals surface area contributed by atoms with Crippen LogP contribution in [-0.2, 0) is 4.79 Å². The van der Waals surface area contributed by atoms with Crippen LogP contribution in [0.5, 0.6) is 0 Å². The Morgan fingerprint density at radius 1 is 1.13 bits per heavy atom. The number of rotatable bonds is 10. The van der Waals surface area contributed by atoms with E-state index in [-0.39, 0.29) is 43.6 Å². The Balaban J connectivity index is 1.24. The van der Waals surface area contributed by atoms with Crippen molar-refractivity contribution in [2.24, 2.45) is 5.92 Å². The molecule has 5 rings (SSSR count). The number of hydrogen-bond donors (Lipinski definition) is 2. The molecule has 1 aliphatic carbocycles. The molecule has 39 heavy (non-hydrogen) atoms. The number of likely N-dealkylation sites (tertiary alicyclic amines) is 1. The molecule has 4 atom stereocenters. The highest BCUT2D eigenvalue weighted by Crippen LogP contribution is 2.37. The maximum Gasteiger partial charge on any atom is 0.248 e. The van der Waals surface area contributed by atoms with Crippen LogP contribution in [0.25, 0.3) is 0 Å². The number of carbonyl (C=O) groups excluding carboxylic acids is 1. The van der Waals surface area contributed by atoms with Crippen molar-refractivity contribution < 1.29 is 13.6 Å². The van der Waals surface area contributed by atoms with E-state index in [2.05, 4.69) is 63.2 Å². The highest BCUT2D eigenvalue weighted by molar-refractivity contribution is 5.79. The van der Waals surface area contributed by atoms with Crippen molar-refractivity contribution in [2.45, 2.75) is 108 Å². The van der Waals surface area contributed by atoms with Gasteiger partial charge in [-0.3, -0.25) is 9.69 Å². The van der Waals surface area contributed by atoms with E-state index in [9.17, 15) is 13.6 Å². The van der Waals surface area contributed by atoms with Crippen molar-refractivity contribution in [1.29, 1.82) is 0 Å². The van der Waals surface area contributed by atoms with Crippen molar-refractivity contribution in [2.75, 3.05) is 19.6 Å². The van der Waals surface area contributed by atoms with Gasteiger partial charge in [0.05, 0.1) is 6.04 Å². The number of carbonyl (C=O) groups is 1. The quantitative estimate of drug-likeness (QED) is 0.434. The Morgan fingerprint density at radius 2 is 1.85 bits per heavy atom. The lowest BCUT2D eigenvalue weighted by Gasteiger charge is -2.34. The van der Waals surface area contributed by atoms with Gasteiger partial charge in [-0.2, -0.15) is 0 Å². The molecule has 2 aliphatic heterocycles. The van der Waals surface area contributed by atoms with E-state index in [0.717, 1.165) is 62.5 Å². The van der Waals surface area contributed by atoms with Crippen molar-refractivity contribution in [3.63, 3.8) is 0 Å². The van der Waals surface area contributed by atoms with Gasteiger partial charge in [0.1, 0.15) is 11.6 Å². The lowest BCUT2D eigenvalue weighted by Crippen LogP contribution is -2.42. The Morgan fingerprint density at radius 3 is 2.51 bits per heavy atom. The number of benzene rings is 1. The van der Waals surface area contributed by atoms with E-state index in [4.69, 9.17) is 0 Å². The number of nitrogens with one attached hydrogen (secondary N) is 2. The van der Waals surface area contributed by atoms with Gasteiger partial charge < -0.3 is 15.2 Å². The molecule has 0 radical (unpaired) electrons. The molecule has 7 nitrogen and oxygen atoms in total.